The van der Waals surface area contributed by atoms with Crippen molar-refractivity contribution in [2.75, 3.05) is 23.9 Å². The van der Waals surface area contributed by atoms with Crippen LogP contribution in [0.4, 0.5) is 11.4 Å². The van der Waals surface area contributed by atoms with E-state index in [0.717, 1.165) is 11.3 Å². The molecule has 0 aliphatic rings. The fourth-order valence-corrected chi connectivity index (χ4v) is 2.57. The highest BCUT2D eigenvalue weighted by Crippen LogP contribution is 2.27. The molecule has 0 aliphatic heterocycles. The number of benzene rings is 2. The molecule has 0 radical (unpaired) electrons. The van der Waals surface area contributed by atoms with Gasteiger partial charge in [-0.3, -0.25) is 9.59 Å². The first-order chi connectivity index (χ1) is 11.9. The molecule has 2 rings (SSSR count). The minimum absolute atomic E-state index is 0.114. The standard InChI is InChI=1S/C19H21ClN2O3/c1-13-4-7-16(8-5-13)22(14(2)23)11-10-19(24)21-17-12-15(20)6-9-18(17)25-3/h4-9,12H,10-11H2,1-3H3,(H,21,24). The van der Waals surface area contributed by atoms with Gasteiger partial charge in [0.1, 0.15) is 5.75 Å². The first-order valence-corrected chi connectivity index (χ1v) is 8.26. The molecule has 0 heterocycles. The highest BCUT2D eigenvalue weighted by Gasteiger charge is 2.14. The molecule has 0 fully saturated rings. The molecule has 2 amide bonds. The zero-order valence-electron chi connectivity index (χ0n) is 14.5. The van der Waals surface area contributed by atoms with Gasteiger partial charge in [-0.2, -0.15) is 0 Å². The van der Waals surface area contributed by atoms with Crippen molar-refractivity contribution in [3.8, 4) is 5.75 Å². The average Bonchev–Trinajstić information content (AvgIpc) is 2.56. The van der Waals surface area contributed by atoms with E-state index in [-0.39, 0.29) is 24.8 Å². The minimum atomic E-state index is -0.223. The van der Waals surface area contributed by atoms with Crippen LogP contribution in [-0.4, -0.2) is 25.5 Å². The van der Waals surface area contributed by atoms with Crippen LogP contribution in [0.2, 0.25) is 5.02 Å². The molecule has 0 atom stereocenters. The van der Waals surface area contributed by atoms with E-state index in [1.807, 2.05) is 31.2 Å². The van der Waals surface area contributed by atoms with Crippen molar-refractivity contribution in [1.82, 2.24) is 0 Å². The van der Waals surface area contributed by atoms with Gasteiger partial charge in [0.25, 0.3) is 0 Å². The van der Waals surface area contributed by atoms with Crippen LogP contribution >= 0.6 is 11.6 Å². The zero-order chi connectivity index (χ0) is 18.4. The molecule has 2 aromatic rings. The third kappa shape index (κ3) is 5.22. The first-order valence-electron chi connectivity index (χ1n) is 7.89. The molecule has 0 bridgehead atoms. The van der Waals surface area contributed by atoms with Crippen LogP contribution in [0.5, 0.6) is 5.75 Å². The summed E-state index contributed by atoms with van der Waals surface area (Å²) < 4.78 is 5.21. The van der Waals surface area contributed by atoms with Crippen molar-refractivity contribution in [2.45, 2.75) is 20.3 Å². The van der Waals surface area contributed by atoms with E-state index < -0.39 is 0 Å². The maximum atomic E-state index is 12.3. The summed E-state index contributed by atoms with van der Waals surface area (Å²) in [7, 11) is 1.52. The average molecular weight is 361 g/mol. The van der Waals surface area contributed by atoms with Gasteiger partial charge >= 0.3 is 0 Å². The lowest BCUT2D eigenvalue weighted by Gasteiger charge is -2.21. The maximum Gasteiger partial charge on any atom is 0.226 e. The number of nitrogens with zero attached hydrogens (tertiary/aromatic N) is 1. The van der Waals surface area contributed by atoms with Gasteiger partial charge in [0, 0.05) is 30.6 Å². The number of carbonyl (C=O) groups excluding carboxylic acids is 2. The van der Waals surface area contributed by atoms with E-state index in [9.17, 15) is 9.59 Å². The van der Waals surface area contributed by atoms with Crippen LogP contribution in [-0.2, 0) is 9.59 Å². The summed E-state index contributed by atoms with van der Waals surface area (Å²) in [4.78, 5) is 25.7. The lowest BCUT2D eigenvalue weighted by atomic mass is 10.2. The van der Waals surface area contributed by atoms with Crippen LogP contribution in [0, 0.1) is 6.92 Å². The summed E-state index contributed by atoms with van der Waals surface area (Å²) in [5.74, 6) is 0.190. The zero-order valence-corrected chi connectivity index (χ0v) is 15.3. The van der Waals surface area contributed by atoms with Crippen molar-refractivity contribution in [3.05, 3.63) is 53.1 Å². The van der Waals surface area contributed by atoms with Gasteiger partial charge in [0.15, 0.2) is 0 Å². The molecule has 132 valence electrons. The van der Waals surface area contributed by atoms with Crippen LogP contribution in [0.15, 0.2) is 42.5 Å². The van der Waals surface area contributed by atoms with Crippen molar-refractivity contribution in [2.24, 2.45) is 0 Å². The van der Waals surface area contributed by atoms with Gasteiger partial charge in [-0.15, -0.1) is 0 Å². The van der Waals surface area contributed by atoms with Gasteiger partial charge in [-0.1, -0.05) is 29.3 Å². The number of carbonyl (C=O) groups is 2. The number of anilines is 2. The second kappa shape index (κ2) is 8.53. The lowest BCUT2D eigenvalue weighted by molar-refractivity contribution is -0.117. The minimum Gasteiger partial charge on any atom is -0.495 e. The molecule has 25 heavy (non-hydrogen) atoms. The van der Waals surface area contributed by atoms with Crippen molar-refractivity contribution in [1.29, 1.82) is 0 Å². The van der Waals surface area contributed by atoms with Crippen molar-refractivity contribution < 1.29 is 14.3 Å². The number of aryl methyl sites for hydroxylation is 1. The molecule has 0 saturated heterocycles. The number of methoxy groups -OCH3 is 1. The molecule has 6 heteroatoms. The summed E-state index contributed by atoms with van der Waals surface area (Å²) in [5, 5.41) is 3.27. The summed E-state index contributed by atoms with van der Waals surface area (Å²) in [5.41, 5.74) is 2.38. The molecule has 1 N–H and O–H groups in total. The largest absolute Gasteiger partial charge is 0.495 e. The fraction of sp³-hybridized carbons (Fsp3) is 0.263. The Morgan fingerprint density at radius 3 is 2.44 bits per heavy atom. The van der Waals surface area contributed by atoms with E-state index in [0.29, 0.717) is 16.5 Å². The van der Waals surface area contributed by atoms with Crippen LogP contribution < -0.4 is 15.0 Å². The monoisotopic (exact) mass is 360 g/mol. The number of hydrogen-bond acceptors (Lipinski definition) is 3. The van der Waals surface area contributed by atoms with Crippen LogP contribution in [0.1, 0.15) is 18.9 Å². The summed E-state index contributed by atoms with van der Waals surface area (Å²) in [6.45, 7) is 3.75. The van der Waals surface area contributed by atoms with Gasteiger partial charge in [-0.25, -0.2) is 0 Å². The van der Waals surface area contributed by atoms with Gasteiger partial charge in [0.05, 0.1) is 12.8 Å². The highest BCUT2D eigenvalue weighted by atomic mass is 35.5. The summed E-state index contributed by atoms with van der Waals surface area (Å²) >= 11 is 5.96. The Morgan fingerprint density at radius 1 is 1.16 bits per heavy atom. The van der Waals surface area contributed by atoms with E-state index in [2.05, 4.69) is 5.32 Å². The molecule has 0 spiro atoms. The van der Waals surface area contributed by atoms with Crippen LogP contribution in [0.3, 0.4) is 0 Å². The Morgan fingerprint density at radius 2 is 1.84 bits per heavy atom. The second-order valence-electron chi connectivity index (χ2n) is 5.65. The smallest absolute Gasteiger partial charge is 0.226 e. The lowest BCUT2D eigenvalue weighted by Crippen LogP contribution is -2.31. The Balaban J connectivity index is 2.03. The Bertz CT molecular complexity index is 760. The predicted octanol–water partition coefficient (Wildman–Crippen LogP) is 4.04. The Kier molecular flexibility index (Phi) is 6.42. The molecule has 2 aromatic carbocycles. The predicted molar refractivity (Wildman–Crippen MR) is 100 cm³/mol. The molecule has 0 aromatic heterocycles. The topological polar surface area (TPSA) is 58.6 Å². The maximum absolute atomic E-state index is 12.3. The number of halogens is 1. The fourth-order valence-electron chi connectivity index (χ4n) is 2.40. The van der Waals surface area contributed by atoms with E-state index in [1.54, 1.807) is 23.1 Å². The van der Waals surface area contributed by atoms with Gasteiger partial charge in [-0.05, 0) is 37.3 Å². The molecule has 0 unspecified atom stereocenters. The number of nitrogens with one attached hydrogen (secondary N) is 1. The van der Waals surface area contributed by atoms with E-state index in [1.165, 1.54) is 14.0 Å². The van der Waals surface area contributed by atoms with Gasteiger partial charge in [0.2, 0.25) is 11.8 Å². The summed E-state index contributed by atoms with van der Waals surface area (Å²) in [6.07, 6.45) is 0.156. The molecule has 0 aliphatic carbocycles. The summed E-state index contributed by atoms with van der Waals surface area (Å²) in [6, 6.07) is 12.6. The quantitative estimate of drug-likeness (QED) is 0.845. The number of amides is 2. The molecular formula is C19H21ClN2O3. The first kappa shape index (κ1) is 18.8. The van der Waals surface area contributed by atoms with Crippen LogP contribution in [0.25, 0.3) is 0 Å². The van der Waals surface area contributed by atoms with E-state index in [4.69, 9.17) is 16.3 Å². The van der Waals surface area contributed by atoms with Gasteiger partial charge < -0.3 is 15.0 Å². The second-order valence-corrected chi connectivity index (χ2v) is 6.09. The molecular weight excluding hydrogens is 340 g/mol. The SMILES string of the molecule is COc1ccc(Cl)cc1NC(=O)CCN(C(C)=O)c1ccc(C)cc1. The Labute approximate surface area is 152 Å². The number of hydrogen-bond donors (Lipinski definition) is 1. The normalized spacial score (nSPS) is 10.2. The third-order valence-corrected chi connectivity index (χ3v) is 3.96. The number of rotatable bonds is 6. The number of ether oxygens (including phenoxy) is 1. The van der Waals surface area contributed by atoms with Crippen molar-refractivity contribution >= 4 is 34.8 Å². The van der Waals surface area contributed by atoms with Crippen molar-refractivity contribution in [3.63, 3.8) is 0 Å². The molecule has 5 nitrogen and oxygen atoms in total. The van der Waals surface area contributed by atoms with E-state index >= 15 is 0 Å². The molecule has 0 saturated carbocycles. The highest BCUT2D eigenvalue weighted by molar-refractivity contribution is 6.31. The third-order valence-electron chi connectivity index (χ3n) is 3.72. The Hall–Kier alpha value is -2.53.